The SMILES string of the molecule is CC1C(NC(=O)c2nnc(Sc3ccccc3Cl)s2)C2CCN1CC2. The predicted octanol–water partition coefficient (Wildman–Crippen LogP) is 3.56. The molecule has 3 aliphatic rings. The van der Waals surface area contributed by atoms with Gasteiger partial charge in [0.2, 0.25) is 5.01 Å². The molecule has 1 N–H and O–H groups in total. The van der Waals surface area contributed by atoms with Gasteiger partial charge in [-0.2, -0.15) is 0 Å². The fraction of sp³-hybridized carbons (Fsp3) is 0.471. The molecule has 1 aromatic carbocycles. The monoisotopic (exact) mass is 394 g/mol. The first-order chi connectivity index (χ1) is 12.1. The zero-order valence-corrected chi connectivity index (χ0v) is 16.2. The van der Waals surface area contributed by atoms with Crippen LogP contribution in [0.15, 0.2) is 33.5 Å². The Morgan fingerprint density at radius 1 is 1.32 bits per heavy atom. The molecule has 2 atom stereocenters. The molecule has 3 fully saturated rings. The summed E-state index contributed by atoms with van der Waals surface area (Å²) in [5.41, 5.74) is 0. The third-order valence-electron chi connectivity index (χ3n) is 5.11. The van der Waals surface area contributed by atoms with Crippen LogP contribution in [-0.2, 0) is 0 Å². The zero-order chi connectivity index (χ0) is 17.4. The maximum absolute atomic E-state index is 12.6. The lowest BCUT2D eigenvalue weighted by atomic mass is 9.79. The van der Waals surface area contributed by atoms with Gasteiger partial charge in [-0.15, -0.1) is 10.2 Å². The van der Waals surface area contributed by atoms with Gasteiger partial charge in [0.15, 0.2) is 4.34 Å². The van der Waals surface area contributed by atoms with E-state index >= 15 is 0 Å². The van der Waals surface area contributed by atoms with Crippen molar-refractivity contribution in [3.05, 3.63) is 34.3 Å². The van der Waals surface area contributed by atoms with Crippen molar-refractivity contribution in [2.75, 3.05) is 13.1 Å². The van der Waals surface area contributed by atoms with Gasteiger partial charge < -0.3 is 5.32 Å². The number of rotatable bonds is 4. The van der Waals surface area contributed by atoms with E-state index in [1.165, 1.54) is 35.9 Å². The van der Waals surface area contributed by atoms with Crippen LogP contribution in [0.5, 0.6) is 0 Å². The number of aromatic nitrogens is 2. The smallest absolute Gasteiger partial charge is 0.282 e. The summed E-state index contributed by atoms with van der Waals surface area (Å²) in [6.45, 7) is 4.50. The fourth-order valence-electron chi connectivity index (χ4n) is 3.72. The number of amides is 1. The number of carbonyl (C=O) groups is 1. The van der Waals surface area contributed by atoms with Crippen LogP contribution in [-0.4, -0.2) is 46.2 Å². The Morgan fingerprint density at radius 2 is 2.08 bits per heavy atom. The largest absolute Gasteiger partial charge is 0.345 e. The number of benzene rings is 1. The van der Waals surface area contributed by atoms with Gasteiger partial charge in [-0.3, -0.25) is 9.69 Å². The van der Waals surface area contributed by atoms with Crippen molar-refractivity contribution in [3.63, 3.8) is 0 Å². The number of halogens is 1. The molecule has 2 unspecified atom stereocenters. The van der Waals surface area contributed by atoms with E-state index in [2.05, 4.69) is 27.3 Å². The standard InChI is InChI=1S/C17H19ClN4OS2/c1-10-14(11-6-8-22(10)9-7-11)19-15(23)16-20-21-17(25-16)24-13-5-3-2-4-12(13)18/h2-5,10-11,14H,6-9H2,1H3,(H,19,23). The van der Waals surface area contributed by atoms with Crippen LogP contribution >= 0.6 is 34.7 Å². The van der Waals surface area contributed by atoms with Crippen molar-refractivity contribution in [1.82, 2.24) is 20.4 Å². The highest BCUT2D eigenvalue weighted by Gasteiger charge is 2.40. The van der Waals surface area contributed by atoms with Gasteiger partial charge in [0, 0.05) is 17.0 Å². The highest BCUT2D eigenvalue weighted by Crippen LogP contribution is 2.35. The van der Waals surface area contributed by atoms with E-state index in [1.54, 1.807) is 0 Å². The predicted molar refractivity (Wildman–Crippen MR) is 100 cm³/mol. The Kier molecular flexibility index (Phi) is 4.99. The Hall–Kier alpha value is -1.15. The summed E-state index contributed by atoms with van der Waals surface area (Å²) in [4.78, 5) is 16.0. The minimum atomic E-state index is -0.117. The quantitative estimate of drug-likeness (QED) is 0.859. The summed E-state index contributed by atoms with van der Waals surface area (Å²) in [6, 6.07) is 8.19. The summed E-state index contributed by atoms with van der Waals surface area (Å²) in [5.74, 6) is 0.461. The molecule has 3 saturated heterocycles. The second kappa shape index (κ2) is 7.23. The number of piperidine rings is 3. The third kappa shape index (κ3) is 3.56. The maximum Gasteiger partial charge on any atom is 0.282 e. The van der Waals surface area contributed by atoms with Gasteiger partial charge in [0.25, 0.3) is 5.91 Å². The van der Waals surface area contributed by atoms with Crippen molar-refractivity contribution in [2.24, 2.45) is 5.92 Å². The zero-order valence-electron chi connectivity index (χ0n) is 13.8. The molecule has 5 nitrogen and oxygen atoms in total. The van der Waals surface area contributed by atoms with E-state index in [0.29, 0.717) is 22.0 Å². The first-order valence-corrected chi connectivity index (χ1v) is 10.4. The average Bonchev–Trinajstić information content (AvgIpc) is 3.09. The lowest BCUT2D eigenvalue weighted by molar-refractivity contribution is 0.0217. The molecular formula is C17H19ClN4OS2. The van der Waals surface area contributed by atoms with Gasteiger partial charge in [-0.1, -0.05) is 46.8 Å². The van der Waals surface area contributed by atoms with Crippen LogP contribution in [0.25, 0.3) is 0 Å². The molecule has 5 rings (SSSR count). The summed E-state index contributed by atoms with van der Waals surface area (Å²) < 4.78 is 0.722. The topological polar surface area (TPSA) is 58.1 Å². The molecule has 2 bridgehead atoms. The molecule has 4 heterocycles. The Labute approximate surface area is 160 Å². The van der Waals surface area contributed by atoms with Crippen molar-refractivity contribution in [3.8, 4) is 0 Å². The normalized spacial score (nSPS) is 28.1. The minimum Gasteiger partial charge on any atom is -0.345 e. The second-order valence-electron chi connectivity index (χ2n) is 6.52. The van der Waals surface area contributed by atoms with Gasteiger partial charge in [0.05, 0.1) is 5.02 Å². The third-order valence-corrected chi connectivity index (χ3v) is 7.60. The van der Waals surface area contributed by atoms with Crippen molar-refractivity contribution in [1.29, 1.82) is 0 Å². The van der Waals surface area contributed by atoms with Gasteiger partial charge >= 0.3 is 0 Å². The van der Waals surface area contributed by atoms with Crippen molar-refractivity contribution >= 4 is 40.6 Å². The van der Waals surface area contributed by atoms with Gasteiger partial charge in [-0.25, -0.2) is 0 Å². The molecule has 0 saturated carbocycles. The first-order valence-electron chi connectivity index (χ1n) is 8.42. The van der Waals surface area contributed by atoms with E-state index in [-0.39, 0.29) is 11.9 Å². The number of hydrogen-bond acceptors (Lipinski definition) is 6. The summed E-state index contributed by atoms with van der Waals surface area (Å²) >= 11 is 8.92. The summed E-state index contributed by atoms with van der Waals surface area (Å²) in [7, 11) is 0. The van der Waals surface area contributed by atoms with Gasteiger partial charge in [0.1, 0.15) is 0 Å². The Morgan fingerprint density at radius 3 is 2.80 bits per heavy atom. The van der Waals surface area contributed by atoms with E-state index < -0.39 is 0 Å². The molecule has 25 heavy (non-hydrogen) atoms. The van der Waals surface area contributed by atoms with Crippen molar-refractivity contribution < 1.29 is 4.79 Å². The van der Waals surface area contributed by atoms with Gasteiger partial charge in [-0.05, 0) is 50.9 Å². The molecule has 0 spiro atoms. The molecule has 0 aliphatic carbocycles. The Bertz CT molecular complexity index is 774. The lowest BCUT2D eigenvalue weighted by Gasteiger charge is -2.49. The number of fused-ring (bicyclic) bond motifs is 3. The molecule has 1 aromatic heterocycles. The molecule has 0 radical (unpaired) electrons. The van der Waals surface area contributed by atoms with E-state index in [1.807, 2.05) is 24.3 Å². The summed E-state index contributed by atoms with van der Waals surface area (Å²) in [5, 5.41) is 12.5. The first kappa shape index (κ1) is 17.3. The van der Waals surface area contributed by atoms with Crippen LogP contribution in [0.1, 0.15) is 29.6 Å². The van der Waals surface area contributed by atoms with Crippen LogP contribution < -0.4 is 5.32 Å². The van der Waals surface area contributed by atoms with Crippen LogP contribution in [0.3, 0.4) is 0 Å². The molecule has 8 heteroatoms. The lowest BCUT2D eigenvalue weighted by Crippen LogP contribution is -2.62. The Balaban J connectivity index is 1.43. The fourth-order valence-corrected chi connectivity index (χ4v) is 5.71. The molecule has 3 aliphatic heterocycles. The van der Waals surface area contributed by atoms with E-state index in [4.69, 9.17) is 11.6 Å². The van der Waals surface area contributed by atoms with E-state index in [9.17, 15) is 4.79 Å². The minimum absolute atomic E-state index is 0.117. The van der Waals surface area contributed by atoms with Crippen LogP contribution in [0.4, 0.5) is 0 Å². The highest BCUT2D eigenvalue weighted by molar-refractivity contribution is 8.01. The number of nitrogens with one attached hydrogen (secondary N) is 1. The average molecular weight is 395 g/mol. The van der Waals surface area contributed by atoms with Crippen LogP contribution in [0.2, 0.25) is 5.02 Å². The highest BCUT2D eigenvalue weighted by atomic mass is 35.5. The molecular weight excluding hydrogens is 376 g/mol. The van der Waals surface area contributed by atoms with E-state index in [0.717, 1.165) is 22.3 Å². The second-order valence-corrected chi connectivity index (χ2v) is 9.19. The molecule has 1 amide bonds. The molecule has 132 valence electrons. The van der Waals surface area contributed by atoms with Crippen molar-refractivity contribution in [2.45, 2.75) is 41.1 Å². The molecule has 2 aromatic rings. The number of hydrogen-bond donors (Lipinski definition) is 1. The number of carbonyl (C=O) groups excluding carboxylic acids is 1. The number of nitrogens with zero attached hydrogens (tertiary/aromatic N) is 3. The summed E-state index contributed by atoms with van der Waals surface area (Å²) in [6.07, 6.45) is 2.33. The van der Waals surface area contributed by atoms with Crippen LogP contribution in [0, 0.1) is 5.92 Å². The maximum atomic E-state index is 12.6.